The van der Waals surface area contributed by atoms with E-state index in [9.17, 15) is 9.59 Å². The molecule has 3 rings (SSSR count). The molecule has 1 aromatic rings. The number of rotatable bonds is 5. The minimum atomic E-state index is -0.0357. The van der Waals surface area contributed by atoms with Gasteiger partial charge in [-0.05, 0) is 45.1 Å². The molecule has 2 aliphatic rings. The van der Waals surface area contributed by atoms with Crippen molar-refractivity contribution in [1.82, 2.24) is 19.7 Å². The maximum atomic E-state index is 12.8. The molecule has 0 bridgehead atoms. The van der Waals surface area contributed by atoms with Crippen LogP contribution in [0.4, 0.5) is 0 Å². The molecule has 156 valence electrons. The van der Waals surface area contributed by atoms with Crippen molar-refractivity contribution in [2.24, 2.45) is 5.92 Å². The summed E-state index contributed by atoms with van der Waals surface area (Å²) in [4.78, 5) is 35.3. The van der Waals surface area contributed by atoms with Gasteiger partial charge in [0.1, 0.15) is 0 Å². The van der Waals surface area contributed by atoms with Gasteiger partial charge in [0.25, 0.3) is 5.91 Å². The van der Waals surface area contributed by atoms with E-state index in [0.29, 0.717) is 42.3 Å². The van der Waals surface area contributed by atoms with Crippen LogP contribution in [-0.2, 0) is 11.2 Å². The third kappa shape index (κ3) is 4.57. The molecule has 7 heteroatoms. The first-order valence-electron chi connectivity index (χ1n) is 10.6. The van der Waals surface area contributed by atoms with Gasteiger partial charge < -0.3 is 14.2 Å². The average Bonchev–Trinajstić information content (AvgIpc) is 3.08. The van der Waals surface area contributed by atoms with Gasteiger partial charge in [-0.15, -0.1) is 0 Å². The normalized spacial score (nSPS) is 21.7. The third-order valence-electron chi connectivity index (χ3n) is 6.21. The molecule has 7 nitrogen and oxygen atoms in total. The van der Waals surface area contributed by atoms with Crippen LogP contribution in [0.15, 0.2) is 4.42 Å². The zero-order valence-electron chi connectivity index (χ0n) is 17.7. The third-order valence-corrected chi connectivity index (χ3v) is 6.21. The van der Waals surface area contributed by atoms with E-state index in [1.807, 2.05) is 32.8 Å². The second-order valence-corrected chi connectivity index (χ2v) is 8.33. The molecule has 0 aliphatic carbocycles. The smallest absolute Gasteiger partial charge is 0.291 e. The first kappa shape index (κ1) is 20.8. The highest BCUT2D eigenvalue weighted by molar-refractivity contribution is 5.92. The van der Waals surface area contributed by atoms with Crippen LogP contribution < -0.4 is 0 Å². The highest BCUT2D eigenvalue weighted by atomic mass is 16.4. The van der Waals surface area contributed by atoms with Gasteiger partial charge in [0.2, 0.25) is 11.7 Å². The van der Waals surface area contributed by atoms with Crippen LogP contribution in [-0.4, -0.2) is 77.8 Å². The van der Waals surface area contributed by atoms with Gasteiger partial charge in [-0.1, -0.05) is 13.3 Å². The summed E-state index contributed by atoms with van der Waals surface area (Å²) in [5, 5.41) is 0. The second kappa shape index (κ2) is 9.07. The molecule has 2 saturated heterocycles. The van der Waals surface area contributed by atoms with E-state index in [4.69, 9.17) is 4.42 Å². The summed E-state index contributed by atoms with van der Waals surface area (Å²) in [5.74, 6) is 1.70. The van der Waals surface area contributed by atoms with Crippen LogP contribution in [0.3, 0.4) is 0 Å². The van der Waals surface area contributed by atoms with E-state index < -0.39 is 0 Å². The van der Waals surface area contributed by atoms with Crippen molar-refractivity contribution in [3.05, 3.63) is 17.3 Å². The fourth-order valence-corrected chi connectivity index (χ4v) is 4.49. The molecular formula is C21H34N4O3. The second-order valence-electron chi connectivity index (χ2n) is 8.33. The molecule has 2 amide bonds. The molecule has 0 spiro atoms. The molecule has 0 aromatic carbocycles. The summed E-state index contributed by atoms with van der Waals surface area (Å²) >= 11 is 0. The summed E-state index contributed by atoms with van der Waals surface area (Å²) in [6.45, 7) is 6.81. The zero-order chi connectivity index (χ0) is 20.3. The van der Waals surface area contributed by atoms with E-state index in [-0.39, 0.29) is 11.8 Å². The number of carbonyl (C=O) groups excluding carboxylic acids is 2. The highest BCUT2D eigenvalue weighted by Crippen LogP contribution is 2.31. The minimum Gasteiger partial charge on any atom is -0.435 e. The molecule has 2 fully saturated rings. The van der Waals surface area contributed by atoms with Crippen LogP contribution in [0.5, 0.6) is 0 Å². The van der Waals surface area contributed by atoms with Crippen molar-refractivity contribution in [3.63, 3.8) is 0 Å². The Morgan fingerprint density at radius 1 is 1.14 bits per heavy atom. The summed E-state index contributed by atoms with van der Waals surface area (Å²) in [6.07, 6.45) is 6.21. The van der Waals surface area contributed by atoms with Crippen LogP contribution >= 0.6 is 0 Å². The van der Waals surface area contributed by atoms with Crippen LogP contribution in [0.25, 0.3) is 0 Å². The van der Waals surface area contributed by atoms with Gasteiger partial charge in [-0.25, -0.2) is 4.98 Å². The van der Waals surface area contributed by atoms with Gasteiger partial charge >= 0.3 is 0 Å². The Labute approximate surface area is 168 Å². The summed E-state index contributed by atoms with van der Waals surface area (Å²) in [7, 11) is 3.64. The zero-order valence-corrected chi connectivity index (χ0v) is 17.7. The van der Waals surface area contributed by atoms with Crippen LogP contribution in [0.2, 0.25) is 0 Å². The number of aromatic nitrogens is 1. The Hall–Kier alpha value is -1.89. The largest absolute Gasteiger partial charge is 0.435 e. The topological polar surface area (TPSA) is 69.9 Å². The molecule has 1 atom stereocenters. The summed E-state index contributed by atoms with van der Waals surface area (Å²) < 4.78 is 5.65. The lowest BCUT2D eigenvalue weighted by molar-refractivity contribution is -0.131. The first-order valence-corrected chi connectivity index (χ1v) is 10.6. The number of amides is 2. The number of likely N-dealkylation sites (tertiary alicyclic amines) is 2. The average molecular weight is 391 g/mol. The van der Waals surface area contributed by atoms with Gasteiger partial charge in [0.15, 0.2) is 5.89 Å². The van der Waals surface area contributed by atoms with Crippen molar-refractivity contribution in [2.45, 2.75) is 58.4 Å². The fraction of sp³-hybridized carbons (Fsp3) is 0.762. The molecule has 0 N–H and O–H groups in total. The van der Waals surface area contributed by atoms with Crippen molar-refractivity contribution >= 4 is 11.8 Å². The molecule has 28 heavy (non-hydrogen) atoms. The lowest BCUT2D eigenvalue weighted by Gasteiger charge is -2.43. The predicted molar refractivity (Wildman–Crippen MR) is 107 cm³/mol. The highest BCUT2D eigenvalue weighted by Gasteiger charge is 2.35. The number of hydrogen-bond acceptors (Lipinski definition) is 5. The van der Waals surface area contributed by atoms with Gasteiger partial charge in [0, 0.05) is 39.6 Å². The number of carbonyl (C=O) groups is 2. The van der Waals surface area contributed by atoms with Gasteiger partial charge in [0.05, 0.1) is 12.2 Å². The van der Waals surface area contributed by atoms with E-state index in [1.54, 1.807) is 4.90 Å². The Morgan fingerprint density at radius 3 is 2.46 bits per heavy atom. The maximum Gasteiger partial charge on any atom is 0.291 e. The van der Waals surface area contributed by atoms with Gasteiger partial charge in [-0.3, -0.25) is 14.5 Å². The van der Waals surface area contributed by atoms with E-state index in [0.717, 1.165) is 38.9 Å². The quantitative estimate of drug-likeness (QED) is 0.772. The maximum absolute atomic E-state index is 12.8. The van der Waals surface area contributed by atoms with E-state index >= 15 is 0 Å². The van der Waals surface area contributed by atoms with E-state index in [1.165, 1.54) is 12.8 Å². The van der Waals surface area contributed by atoms with E-state index in [2.05, 4.69) is 9.88 Å². The molecule has 0 saturated carbocycles. The Balaban J connectivity index is 1.59. The number of nitrogens with zero attached hydrogens (tertiary/aromatic N) is 4. The number of piperidine rings is 2. The lowest BCUT2D eigenvalue weighted by atomic mass is 9.83. The number of hydrogen-bond donors (Lipinski definition) is 0. The predicted octanol–water partition coefficient (Wildman–Crippen LogP) is 2.34. The lowest BCUT2D eigenvalue weighted by Crippen LogP contribution is -2.51. The first-order chi connectivity index (χ1) is 13.4. The molecule has 0 radical (unpaired) electrons. The molecule has 3 heterocycles. The van der Waals surface area contributed by atoms with Crippen molar-refractivity contribution < 1.29 is 14.0 Å². The SMILES string of the molecule is CCc1nc(C)c(C(=O)N2CCC(C3CCCCN3CC(=O)N(C)C)CC2)o1. The minimum absolute atomic E-state index is 0.0357. The molecular weight excluding hydrogens is 356 g/mol. The molecule has 1 unspecified atom stereocenters. The molecule has 1 aromatic heterocycles. The summed E-state index contributed by atoms with van der Waals surface area (Å²) in [6, 6.07) is 0.452. The van der Waals surface area contributed by atoms with Gasteiger partial charge in [-0.2, -0.15) is 0 Å². The number of aryl methyl sites for hydroxylation is 2. The standard InChI is InChI=1S/C21H34N4O3/c1-5-18-22-15(2)20(28-18)21(27)24-12-9-16(10-13-24)17-8-6-7-11-25(17)14-19(26)23(3)4/h16-17H,5-14H2,1-4H3. The number of oxazole rings is 1. The van der Waals surface area contributed by atoms with Crippen molar-refractivity contribution in [3.8, 4) is 0 Å². The monoisotopic (exact) mass is 390 g/mol. The van der Waals surface area contributed by atoms with Crippen LogP contribution in [0.1, 0.15) is 61.2 Å². The Bertz CT molecular complexity index is 692. The summed E-state index contributed by atoms with van der Waals surface area (Å²) in [5.41, 5.74) is 0.685. The van der Waals surface area contributed by atoms with Crippen LogP contribution in [0, 0.1) is 12.8 Å². The number of likely N-dealkylation sites (N-methyl/N-ethyl adjacent to an activating group) is 1. The Kier molecular flexibility index (Phi) is 6.75. The fourth-order valence-electron chi connectivity index (χ4n) is 4.49. The molecule has 2 aliphatic heterocycles. The van der Waals surface area contributed by atoms with Crippen molar-refractivity contribution in [1.29, 1.82) is 0 Å². The van der Waals surface area contributed by atoms with Crippen molar-refractivity contribution in [2.75, 3.05) is 40.3 Å². The Morgan fingerprint density at radius 2 is 1.86 bits per heavy atom.